The lowest BCUT2D eigenvalue weighted by Gasteiger charge is -2.03. The van der Waals surface area contributed by atoms with E-state index in [1.54, 1.807) is 6.20 Å². The van der Waals surface area contributed by atoms with Gasteiger partial charge < -0.3 is 9.72 Å². The number of imidazole rings is 1. The third kappa shape index (κ3) is 3.05. The average molecular weight is 287 g/mol. The fourth-order valence-electron chi connectivity index (χ4n) is 2.01. The van der Waals surface area contributed by atoms with Crippen molar-refractivity contribution in [2.75, 3.05) is 5.32 Å². The SMILES string of the molecule is O=C(Cc1cn2cc(F)ccc2n1)Nc1ccc(F)cc1. The quantitative estimate of drug-likeness (QED) is 0.805. The molecule has 0 aliphatic carbocycles. The van der Waals surface area contributed by atoms with Crippen LogP contribution in [-0.4, -0.2) is 15.3 Å². The van der Waals surface area contributed by atoms with Crippen molar-refractivity contribution in [1.82, 2.24) is 9.38 Å². The molecule has 1 amide bonds. The molecule has 2 heterocycles. The third-order valence-electron chi connectivity index (χ3n) is 2.93. The highest BCUT2D eigenvalue weighted by Gasteiger charge is 2.08. The molecule has 0 bridgehead atoms. The molecule has 3 rings (SSSR count). The summed E-state index contributed by atoms with van der Waals surface area (Å²) in [6, 6.07) is 8.34. The molecule has 2 aromatic heterocycles. The summed E-state index contributed by atoms with van der Waals surface area (Å²) in [5, 5.41) is 2.64. The molecule has 3 aromatic rings. The first-order chi connectivity index (χ1) is 10.1. The first-order valence-corrected chi connectivity index (χ1v) is 6.29. The van der Waals surface area contributed by atoms with E-state index in [1.165, 1.54) is 47.0 Å². The molecule has 0 atom stereocenters. The van der Waals surface area contributed by atoms with Crippen LogP contribution in [0.2, 0.25) is 0 Å². The predicted molar refractivity (Wildman–Crippen MR) is 73.9 cm³/mol. The molecule has 0 saturated carbocycles. The number of fused-ring (bicyclic) bond motifs is 1. The van der Waals surface area contributed by atoms with Gasteiger partial charge in [0.05, 0.1) is 12.1 Å². The van der Waals surface area contributed by atoms with Crippen LogP contribution in [0.3, 0.4) is 0 Å². The fourth-order valence-corrected chi connectivity index (χ4v) is 2.01. The van der Waals surface area contributed by atoms with Crippen LogP contribution in [0, 0.1) is 11.6 Å². The van der Waals surface area contributed by atoms with Crippen molar-refractivity contribution in [2.24, 2.45) is 0 Å². The van der Waals surface area contributed by atoms with E-state index >= 15 is 0 Å². The van der Waals surface area contributed by atoms with Gasteiger partial charge in [0.1, 0.15) is 17.3 Å². The van der Waals surface area contributed by atoms with Crippen molar-refractivity contribution in [3.8, 4) is 0 Å². The maximum atomic E-state index is 13.1. The fraction of sp³-hybridized carbons (Fsp3) is 0.0667. The van der Waals surface area contributed by atoms with Crippen LogP contribution in [0.5, 0.6) is 0 Å². The van der Waals surface area contributed by atoms with E-state index in [1.807, 2.05) is 0 Å². The maximum absolute atomic E-state index is 13.1. The molecule has 0 spiro atoms. The second-order valence-corrected chi connectivity index (χ2v) is 4.58. The number of hydrogen-bond acceptors (Lipinski definition) is 2. The van der Waals surface area contributed by atoms with E-state index in [0.29, 0.717) is 17.0 Å². The van der Waals surface area contributed by atoms with E-state index < -0.39 is 0 Å². The van der Waals surface area contributed by atoms with Crippen LogP contribution in [0.4, 0.5) is 14.5 Å². The number of hydrogen-bond donors (Lipinski definition) is 1. The Hall–Kier alpha value is -2.76. The van der Waals surface area contributed by atoms with Gasteiger partial charge in [-0.3, -0.25) is 4.79 Å². The largest absolute Gasteiger partial charge is 0.326 e. The summed E-state index contributed by atoms with van der Waals surface area (Å²) in [5.74, 6) is -1.01. The van der Waals surface area contributed by atoms with Crippen molar-refractivity contribution in [1.29, 1.82) is 0 Å². The van der Waals surface area contributed by atoms with Crippen LogP contribution in [0.25, 0.3) is 5.65 Å². The number of nitrogens with zero attached hydrogens (tertiary/aromatic N) is 2. The van der Waals surface area contributed by atoms with Gasteiger partial charge in [0.2, 0.25) is 5.91 Å². The van der Waals surface area contributed by atoms with E-state index in [0.717, 1.165) is 0 Å². The Morgan fingerprint density at radius 2 is 1.76 bits per heavy atom. The van der Waals surface area contributed by atoms with Crippen molar-refractivity contribution >= 4 is 17.2 Å². The molecular weight excluding hydrogens is 276 g/mol. The molecule has 21 heavy (non-hydrogen) atoms. The van der Waals surface area contributed by atoms with Crippen LogP contribution in [-0.2, 0) is 11.2 Å². The molecule has 0 aliphatic heterocycles. The van der Waals surface area contributed by atoms with Gasteiger partial charge in [0.15, 0.2) is 0 Å². The molecule has 106 valence electrons. The summed E-state index contributed by atoms with van der Waals surface area (Å²) < 4.78 is 27.4. The zero-order chi connectivity index (χ0) is 14.8. The third-order valence-corrected chi connectivity index (χ3v) is 2.93. The number of pyridine rings is 1. The molecule has 0 fully saturated rings. The van der Waals surface area contributed by atoms with E-state index in [9.17, 15) is 13.6 Å². The summed E-state index contributed by atoms with van der Waals surface area (Å²) in [7, 11) is 0. The minimum absolute atomic E-state index is 0.0562. The smallest absolute Gasteiger partial charge is 0.230 e. The lowest BCUT2D eigenvalue weighted by molar-refractivity contribution is -0.115. The standard InChI is InChI=1S/C15H11F2N3O/c16-10-1-4-12(5-2-10)19-15(21)7-13-9-20-8-11(17)3-6-14(20)18-13/h1-6,8-9H,7H2,(H,19,21). The highest BCUT2D eigenvalue weighted by atomic mass is 19.1. The van der Waals surface area contributed by atoms with Crippen molar-refractivity contribution in [3.05, 3.63) is 66.1 Å². The van der Waals surface area contributed by atoms with Crippen LogP contribution in [0.15, 0.2) is 48.8 Å². The Bertz CT molecular complexity index is 796. The zero-order valence-electron chi connectivity index (χ0n) is 10.9. The molecule has 0 unspecified atom stereocenters. The number of nitrogens with one attached hydrogen (secondary N) is 1. The molecule has 1 N–H and O–H groups in total. The van der Waals surface area contributed by atoms with Gasteiger partial charge in [0.25, 0.3) is 0 Å². The summed E-state index contributed by atoms with van der Waals surface area (Å²) in [6.45, 7) is 0. The highest BCUT2D eigenvalue weighted by molar-refractivity contribution is 5.92. The lowest BCUT2D eigenvalue weighted by atomic mass is 10.2. The Labute approximate surface area is 119 Å². The normalized spacial score (nSPS) is 10.8. The number of carbonyl (C=O) groups is 1. The summed E-state index contributed by atoms with van der Waals surface area (Å²) in [6.07, 6.45) is 2.95. The monoisotopic (exact) mass is 287 g/mol. The van der Waals surface area contributed by atoms with Gasteiger partial charge >= 0.3 is 0 Å². The molecule has 0 radical (unpaired) electrons. The van der Waals surface area contributed by atoms with Crippen LogP contribution >= 0.6 is 0 Å². The minimum Gasteiger partial charge on any atom is -0.326 e. The topological polar surface area (TPSA) is 46.4 Å². The number of amides is 1. The van der Waals surface area contributed by atoms with Crippen molar-refractivity contribution in [3.63, 3.8) is 0 Å². The second-order valence-electron chi connectivity index (χ2n) is 4.58. The number of aromatic nitrogens is 2. The molecule has 0 aliphatic rings. The Kier molecular flexibility index (Phi) is 3.35. The van der Waals surface area contributed by atoms with Crippen LogP contribution in [0.1, 0.15) is 5.69 Å². The van der Waals surface area contributed by atoms with Crippen molar-refractivity contribution < 1.29 is 13.6 Å². The summed E-state index contributed by atoms with van der Waals surface area (Å²) in [4.78, 5) is 16.1. The predicted octanol–water partition coefficient (Wildman–Crippen LogP) is 2.79. The lowest BCUT2D eigenvalue weighted by Crippen LogP contribution is -2.14. The van der Waals surface area contributed by atoms with Gasteiger partial charge in [-0.25, -0.2) is 13.8 Å². The van der Waals surface area contributed by atoms with Gasteiger partial charge in [-0.2, -0.15) is 0 Å². The van der Waals surface area contributed by atoms with E-state index in [-0.39, 0.29) is 24.0 Å². The number of anilines is 1. The molecule has 1 aromatic carbocycles. The Balaban J connectivity index is 1.72. The van der Waals surface area contributed by atoms with Gasteiger partial charge in [0, 0.05) is 18.1 Å². The average Bonchev–Trinajstić information content (AvgIpc) is 2.82. The second kappa shape index (κ2) is 5.32. The van der Waals surface area contributed by atoms with Crippen LogP contribution < -0.4 is 5.32 Å². The molecule has 6 heteroatoms. The Morgan fingerprint density at radius 1 is 1.05 bits per heavy atom. The van der Waals surface area contributed by atoms with Gasteiger partial charge in [-0.15, -0.1) is 0 Å². The first kappa shape index (κ1) is 13.2. The Morgan fingerprint density at radius 3 is 2.52 bits per heavy atom. The van der Waals surface area contributed by atoms with Crippen molar-refractivity contribution in [2.45, 2.75) is 6.42 Å². The molecule has 0 saturated heterocycles. The van der Waals surface area contributed by atoms with E-state index in [2.05, 4.69) is 10.3 Å². The number of carbonyl (C=O) groups excluding carboxylic acids is 1. The number of benzene rings is 1. The summed E-state index contributed by atoms with van der Waals surface area (Å²) in [5.41, 5.74) is 1.61. The highest BCUT2D eigenvalue weighted by Crippen LogP contribution is 2.11. The van der Waals surface area contributed by atoms with Gasteiger partial charge in [-0.1, -0.05) is 0 Å². The zero-order valence-corrected chi connectivity index (χ0v) is 10.9. The number of rotatable bonds is 3. The maximum Gasteiger partial charge on any atom is 0.230 e. The molecule has 4 nitrogen and oxygen atoms in total. The summed E-state index contributed by atoms with van der Waals surface area (Å²) >= 11 is 0. The van der Waals surface area contributed by atoms with E-state index in [4.69, 9.17) is 0 Å². The first-order valence-electron chi connectivity index (χ1n) is 6.29. The van der Waals surface area contributed by atoms with Gasteiger partial charge in [-0.05, 0) is 36.4 Å². The number of halogens is 2. The molecular formula is C15H11F2N3O. The minimum atomic E-state index is -0.373.